The molecule has 0 aromatic carbocycles. The zero-order valence-electron chi connectivity index (χ0n) is 12.9. The lowest BCUT2D eigenvalue weighted by Crippen LogP contribution is -2.39. The second-order valence-corrected chi connectivity index (χ2v) is 6.38. The number of nitrogens with zero attached hydrogens (tertiary/aromatic N) is 2. The molecule has 0 saturated heterocycles. The highest BCUT2D eigenvalue weighted by Gasteiger charge is 2.28. The van der Waals surface area contributed by atoms with E-state index in [-0.39, 0.29) is 11.8 Å². The van der Waals surface area contributed by atoms with Gasteiger partial charge in [0.05, 0.1) is 11.4 Å². The predicted octanol–water partition coefficient (Wildman–Crippen LogP) is 2.77. The van der Waals surface area contributed by atoms with Gasteiger partial charge in [0, 0.05) is 13.1 Å². The molecule has 1 fully saturated rings. The van der Waals surface area contributed by atoms with Crippen molar-refractivity contribution in [2.45, 2.75) is 58.4 Å². The lowest BCUT2D eigenvalue weighted by atomic mass is 9.86. The molecule has 0 unspecified atom stereocenters. The fraction of sp³-hybridized carbons (Fsp3) is 0.733. The molecule has 1 aromatic heterocycles. The molecule has 0 radical (unpaired) electrons. The van der Waals surface area contributed by atoms with Gasteiger partial charge in [-0.1, -0.05) is 20.8 Å². The number of nitrogens with two attached hydrogens (primary N) is 1. The Labute approximate surface area is 120 Å². The first kappa shape index (κ1) is 14.9. The van der Waals surface area contributed by atoms with Crippen molar-refractivity contribution in [1.29, 1.82) is 0 Å². The van der Waals surface area contributed by atoms with E-state index in [1.54, 1.807) is 0 Å². The molecule has 0 aliphatic heterocycles. The maximum Gasteiger partial charge on any atom is 0.276 e. The molecule has 20 heavy (non-hydrogen) atoms. The summed E-state index contributed by atoms with van der Waals surface area (Å²) in [5.41, 5.74) is 7.77. The average Bonchev–Trinajstić information content (AvgIpc) is 2.80. The van der Waals surface area contributed by atoms with Crippen LogP contribution in [0.4, 0.5) is 5.69 Å². The summed E-state index contributed by atoms with van der Waals surface area (Å²) < 4.78 is 0. The van der Waals surface area contributed by atoms with Crippen molar-refractivity contribution in [3.05, 3.63) is 11.4 Å². The SMILES string of the molecule is CC1CCC(N(C)C(=O)c2n[nH]c(C(C)C)c2N)CC1. The predicted molar refractivity (Wildman–Crippen MR) is 80.6 cm³/mol. The number of nitrogen functional groups attached to an aromatic ring is 1. The molecular formula is C15H26N4O. The summed E-state index contributed by atoms with van der Waals surface area (Å²) in [6.45, 7) is 6.34. The van der Waals surface area contributed by atoms with Gasteiger partial charge in [0.1, 0.15) is 0 Å². The van der Waals surface area contributed by atoms with Gasteiger partial charge in [-0.15, -0.1) is 0 Å². The number of H-pyrrole nitrogens is 1. The van der Waals surface area contributed by atoms with Crippen LogP contribution in [-0.2, 0) is 0 Å². The van der Waals surface area contributed by atoms with Gasteiger partial charge < -0.3 is 10.6 Å². The van der Waals surface area contributed by atoms with Gasteiger partial charge in [0.25, 0.3) is 5.91 Å². The van der Waals surface area contributed by atoms with E-state index in [1.807, 2.05) is 25.8 Å². The number of anilines is 1. The third kappa shape index (κ3) is 2.81. The van der Waals surface area contributed by atoms with Crippen LogP contribution in [-0.4, -0.2) is 34.1 Å². The summed E-state index contributed by atoms with van der Waals surface area (Å²) in [5, 5.41) is 7.02. The van der Waals surface area contributed by atoms with Gasteiger partial charge in [0.2, 0.25) is 0 Å². The average molecular weight is 278 g/mol. The topological polar surface area (TPSA) is 75.0 Å². The minimum atomic E-state index is -0.0646. The number of rotatable bonds is 3. The molecule has 112 valence electrons. The number of hydrogen-bond acceptors (Lipinski definition) is 3. The van der Waals surface area contributed by atoms with Crippen LogP contribution in [0.15, 0.2) is 0 Å². The molecule has 1 aliphatic rings. The molecular weight excluding hydrogens is 252 g/mol. The Morgan fingerprint density at radius 2 is 1.95 bits per heavy atom. The van der Waals surface area contributed by atoms with Crippen molar-refractivity contribution < 1.29 is 4.79 Å². The minimum Gasteiger partial charge on any atom is -0.395 e. The number of carbonyl (C=O) groups excluding carboxylic acids is 1. The number of carbonyl (C=O) groups is 1. The molecule has 0 atom stereocenters. The smallest absolute Gasteiger partial charge is 0.276 e. The van der Waals surface area contributed by atoms with Gasteiger partial charge in [0.15, 0.2) is 5.69 Å². The first-order valence-corrected chi connectivity index (χ1v) is 7.52. The van der Waals surface area contributed by atoms with Crippen LogP contribution >= 0.6 is 0 Å². The zero-order chi connectivity index (χ0) is 14.9. The first-order valence-electron chi connectivity index (χ1n) is 7.52. The van der Waals surface area contributed by atoms with Crippen molar-refractivity contribution in [3.63, 3.8) is 0 Å². The van der Waals surface area contributed by atoms with E-state index in [9.17, 15) is 4.79 Å². The lowest BCUT2D eigenvalue weighted by Gasteiger charge is -2.33. The fourth-order valence-corrected chi connectivity index (χ4v) is 2.93. The van der Waals surface area contributed by atoms with Gasteiger partial charge in [-0.25, -0.2) is 0 Å². The Kier molecular flexibility index (Phi) is 4.35. The summed E-state index contributed by atoms with van der Waals surface area (Å²) in [4.78, 5) is 14.4. The number of nitrogens with one attached hydrogen (secondary N) is 1. The Bertz CT molecular complexity index is 472. The molecule has 5 nitrogen and oxygen atoms in total. The van der Waals surface area contributed by atoms with Crippen LogP contribution in [0, 0.1) is 5.92 Å². The lowest BCUT2D eigenvalue weighted by molar-refractivity contribution is 0.0674. The molecule has 1 aromatic rings. The number of hydrogen-bond donors (Lipinski definition) is 2. The standard InChI is InChI=1S/C15H26N4O/c1-9(2)13-12(16)14(18-17-13)15(20)19(4)11-7-5-10(3)6-8-11/h9-11H,5-8,16H2,1-4H3,(H,17,18). The zero-order valence-corrected chi connectivity index (χ0v) is 12.9. The summed E-state index contributed by atoms with van der Waals surface area (Å²) in [5.74, 6) is 0.952. The summed E-state index contributed by atoms with van der Waals surface area (Å²) in [6.07, 6.45) is 4.53. The quantitative estimate of drug-likeness (QED) is 0.892. The normalized spacial score (nSPS) is 23.1. The molecule has 1 amide bonds. The molecule has 1 saturated carbocycles. The molecule has 2 rings (SSSR count). The highest BCUT2D eigenvalue weighted by molar-refractivity contribution is 5.97. The van der Waals surface area contributed by atoms with Crippen LogP contribution < -0.4 is 5.73 Å². The van der Waals surface area contributed by atoms with Gasteiger partial charge >= 0.3 is 0 Å². The van der Waals surface area contributed by atoms with Crippen molar-refractivity contribution in [2.24, 2.45) is 5.92 Å². The molecule has 1 aliphatic carbocycles. The van der Waals surface area contributed by atoms with Crippen LogP contribution in [0.25, 0.3) is 0 Å². The van der Waals surface area contributed by atoms with Crippen LogP contribution in [0.5, 0.6) is 0 Å². The second kappa shape index (κ2) is 5.85. The number of aromatic nitrogens is 2. The van der Waals surface area contributed by atoms with Gasteiger partial charge in [-0.2, -0.15) is 5.10 Å². The number of amides is 1. The van der Waals surface area contributed by atoms with Crippen molar-refractivity contribution in [1.82, 2.24) is 15.1 Å². The van der Waals surface area contributed by atoms with E-state index in [2.05, 4.69) is 17.1 Å². The van der Waals surface area contributed by atoms with E-state index in [0.29, 0.717) is 17.4 Å². The summed E-state index contributed by atoms with van der Waals surface area (Å²) >= 11 is 0. The Morgan fingerprint density at radius 1 is 1.35 bits per heavy atom. The third-order valence-electron chi connectivity index (χ3n) is 4.47. The fourth-order valence-electron chi connectivity index (χ4n) is 2.93. The van der Waals surface area contributed by atoms with E-state index in [1.165, 1.54) is 12.8 Å². The van der Waals surface area contributed by atoms with Crippen molar-refractivity contribution in [3.8, 4) is 0 Å². The maximum absolute atomic E-state index is 12.5. The van der Waals surface area contributed by atoms with Crippen molar-refractivity contribution >= 4 is 11.6 Å². The minimum absolute atomic E-state index is 0.0646. The third-order valence-corrected chi connectivity index (χ3v) is 4.47. The Morgan fingerprint density at radius 3 is 2.45 bits per heavy atom. The van der Waals surface area contributed by atoms with E-state index in [4.69, 9.17) is 5.73 Å². The second-order valence-electron chi connectivity index (χ2n) is 6.38. The van der Waals surface area contributed by atoms with Gasteiger partial charge in [-0.05, 0) is 37.5 Å². The highest BCUT2D eigenvalue weighted by atomic mass is 16.2. The summed E-state index contributed by atoms with van der Waals surface area (Å²) in [7, 11) is 1.87. The maximum atomic E-state index is 12.5. The monoisotopic (exact) mass is 278 g/mol. The highest BCUT2D eigenvalue weighted by Crippen LogP contribution is 2.28. The Balaban J connectivity index is 2.11. The molecule has 1 heterocycles. The Hall–Kier alpha value is -1.52. The van der Waals surface area contributed by atoms with Crippen molar-refractivity contribution in [2.75, 3.05) is 12.8 Å². The van der Waals surface area contributed by atoms with E-state index < -0.39 is 0 Å². The van der Waals surface area contributed by atoms with Crippen LogP contribution in [0.1, 0.15) is 68.6 Å². The first-order chi connectivity index (χ1) is 9.41. The molecule has 0 spiro atoms. The molecule has 3 N–H and O–H groups in total. The van der Waals surface area contributed by atoms with E-state index in [0.717, 1.165) is 24.5 Å². The van der Waals surface area contributed by atoms with Crippen LogP contribution in [0.3, 0.4) is 0 Å². The van der Waals surface area contributed by atoms with E-state index >= 15 is 0 Å². The largest absolute Gasteiger partial charge is 0.395 e. The number of aromatic amines is 1. The van der Waals surface area contributed by atoms with Gasteiger partial charge in [-0.3, -0.25) is 9.89 Å². The summed E-state index contributed by atoms with van der Waals surface area (Å²) in [6, 6.07) is 0.317. The van der Waals surface area contributed by atoms with Crippen LogP contribution in [0.2, 0.25) is 0 Å². The molecule has 0 bridgehead atoms. The molecule has 5 heteroatoms.